The lowest BCUT2D eigenvalue weighted by Crippen LogP contribution is -2.54. The molecule has 1 aromatic carbocycles. The van der Waals surface area contributed by atoms with E-state index >= 15 is 0 Å². The third-order valence-corrected chi connectivity index (χ3v) is 4.93. The summed E-state index contributed by atoms with van der Waals surface area (Å²) in [6.45, 7) is 8.96. The Balaban J connectivity index is 1.44. The zero-order valence-electron chi connectivity index (χ0n) is 13.7. The van der Waals surface area contributed by atoms with Gasteiger partial charge in [0.2, 0.25) is 5.91 Å². The quantitative estimate of drug-likeness (QED) is 0.900. The zero-order chi connectivity index (χ0) is 15.5. The summed E-state index contributed by atoms with van der Waals surface area (Å²) in [5, 5.41) is 3.07. The molecule has 1 N–H and O–H groups in total. The second kappa shape index (κ2) is 6.80. The number of benzene rings is 1. The molecular weight excluding hydrogens is 274 g/mol. The number of nitrogens with zero attached hydrogens (tertiary/aromatic N) is 2. The van der Waals surface area contributed by atoms with Crippen LogP contribution in [0.2, 0.25) is 0 Å². The number of hydrogen-bond donors (Lipinski definition) is 1. The summed E-state index contributed by atoms with van der Waals surface area (Å²) in [6.07, 6.45) is 2.74. The molecule has 1 saturated heterocycles. The molecule has 22 heavy (non-hydrogen) atoms. The molecule has 1 aliphatic carbocycles. The van der Waals surface area contributed by atoms with Gasteiger partial charge in [-0.15, -0.1) is 0 Å². The minimum Gasteiger partial charge on any atom is -0.351 e. The van der Waals surface area contributed by atoms with E-state index in [-0.39, 0.29) is 11.9 Å². The topological polar surface area (TPSA) is 35.6 Å². The monoisotopic (exact) mass is 301 g/mol. The van der Waals surface area contributed by atoms with Gasteiger partial charge in [0.25, 0.3) is 0 Å². The minimum atomic E-state index is -0.0354. The van der Waals surface area contributed by atoms with Gasteiger partial charge in [-0.1, -0.05) is 29.8 Å². The maximum Gasteiger partial charge on any atom is 0.237 e. The average molecular weight is 301 g/mol. The lowest BCUT2D eigenvalue weighted by Gasteiger charge is -2.37. The molecule has 3 rings (SSSR count). The normalized spacial score (nSPS) is 21.5. The number of hydrogen-bond acceptors (Lipinski definition) is 3. The average Bonchev–Trinajstić information content (AvgIpc) is 3.38. The number of carbonyl (C=O) groups is 1. The predicted octanol–water partition coefficient (Wildman–Crippen LogP) is 1.78. The highest BCUT2D eigenvalue weighted by atomic mass is 16.2. The summed E-state index contributed by atoms with van der Waals surface area (Å²) < 4.78 is 0. The van der Waals surface area contributed by atoms with Gasteiger partial charge in [0, 0.05) is 38.8 Å². The second-order valence-electron chi connectivity index (χ2n) is 6.68. The van der Waals surface area contributed by atoms with Crippen LogP contribution in [0.15, 0.2) is 24.3 Å². The Morgan fingerprint density at radius 2 is 1.82 bits per heavy atom. The number of rotatable bonds is 5. The molecule has 1 aliphatic heterocycles. The van der Waals surface area contributed by atoms with Crippen molar-refractivity contribution in [1.29, 1.82) is 0 Å². The van der Waals surface area contributed by atoms with E-state index in [1.807, 2.05) is 6.92 Å². The highest BCUT2D eigenvalue weighted by Gasteiger charge is 2.33. The van der Waals surface area contributed by atoms with Gasteiger partial charge in [0.15, 0.2) is 0 Å². The summed E-state index contributed by atoms with van der Waals surface area (Å²) in [4.78, 5) is 17.2. The molecule has 0 spiro atoms. The van der Waals surface area contributed by atoms with E-state index in [9.17, 15) is 4.79 Å². The Morgan fingerprint density at radius 3 is 2.41 bits per heavy atom. The molecule has 2 aliphatic rings. The molecule has 1 unspecified atom stereocenters. The van der Waals surface area contributed by atoms with Gasteiger partial charge in [-0.05, 0) is 32.3 Å². The van der Waals surface area contributed by atoms with Crippen molar-refractivity contribution in [3.63, 3.8) is 0 Å². The van der Waals surface area contributed by atoms with Crippen LogP contribution >= 0.6 is 0 Å². The molecule has 4 heteroatoms. The van der Waals surface area contributed by atoms with E-state index in [0.717, 1.165) is 37.8 Å². The summed E-state index contributed by atoms with van der Waals surface area (Å²) >= 11 is 0. The highest BCUT2D eigenvalue weighted by molar-refractivity contribution is 5.81. The summed E-state index contributed by atoms with van der Waals surface area (Å²) in [5.74, 6) is 0.139. The fourth-order valence-electron chi connectivity index (χ4n) is 3.14. The Labute approximate surface area is 133 Å². The fraction of sp³-hybridized carbons (Fsp3) is 0.611. The van der Waals surface area contributed by atoms with Crippen molar-refractivity contribution in [2.75, 3.05) is 26.2 Å². The Hall–Kier alpha value is -1.39. The number of nitrogens with one attached hydrogen (secondary N) is 1. The first-order valence-corrected chi connectivity index (χ1v) is 8.45. The third kappa shape index (κ3) is 3.87. The SMILES string of the molecule is Cc1ccc(CNC(=O)C(C)N2CCN(C3CC3)CC2)cc1. The van der Waals surface area contributed by atoms with Crippen LogP contribution in [0.1, 0.15) is 30.9 Å². The van der Waals surface area contributed by atoms with Crippen molar-refractivity contribution < 1.29 is 4.79 Å². The van der Waals surface area contributed by atoms with Crippen LogP contribution in [-0.4, -0.2) is 54.0 Å². The molecule has 0 radical (unpaired) electrons. The molecule has 2 fully saturated rings. The summed E-state index contributed by atoms with van der Waals surface area (Å²) in [6, 6.07) is 9.13. The van der Waals surface area contributed by atoms with E-state index in [1.165, 1.54) is 18.4 Å². The van der Waals surface area contributed by atoms with Crippen molar-refractivity contribution in [3.8, 4) is 0 Å². The number of piperazine rings is 1. The highest BCUT2D eigenvalue weighted by Crippen LogP contribution is 2.27. The third-order valence-electron chi connectivity index (χ3n) is 4.93. The van der Waals surface area contributed by atoms with Crippen molar-refractivity contribution >= 4 is 5.91 Å². The first-order chi connectivity index (χ1) is 10.6. The molecule has 4 nitrogen and oxygen atoms in total. The van der Waals surface area contributed by atoms with Gasteiger partial charge < -0.3 is 5.32 Å². The molecule has 1 atom stereocenters. The number of aryl methyl sites for hydroxylation is 1. The van der Waals surface area contributed by atoms with Gasteiger partial charge in [0.1, 0.15) is 0 Å². The standard InChI is InChI=1S/C18H27N3O/c1-14-3-5-16(6-4-14)13-19-18(22)15(2)20-9-11-21(12-10-20)17-7-8-17/h3-6,15,17H,7-13H2,1-2H3,(H,19,22). The minimum absolute atomic E-state index is 0.0354. The maximum atomic E-state index is 12.3. The largest absolute Gasteiger partial charge is 0.351 e. The van der Waals surface area contributed by atoms with Gasteiger partial charge in [0.05, 0.1) is 6.04 Å². The molecule has 0 aromatic heterocycles. The fourth-order valence-corrected chi connectivity index (χ4v) is 3.14. The van der Waals surface area contributed by atoms with Gasteiger partial charge in [-0.25, -0.2) is 0 Å². The summed E-state index contributed by atoms with van der Waals surface area (Å²) in [5.41, 5.74) is 2.40. The van der Waals surface area contributed by atoms with E-state index in [2.05, 4.69) is 46.3 Å². The molecule has 1 aromatic rings. The van der Waals surface area contributed by atoms with Crippen molar-refractivity contribution in [3.05, 3.63) is 35.4 Å². The maximum absolute atomic E-state index is 12.3. The van der Waals surface area contributed by atoms with Crippen LogP contribution in [0.5, 0.6) is 0 Å². The first kappa shape index (κ1) is 15.5. The Bertz CT molecular complexity index is 502. The first-order valence-electron chi connectivity index (χ1n) is 8.45. The molecule has 1 saturated carbocycles. The van der Waals surface area contributed by atoms with Gasteiger partial charge in [-0.3, -0.25) is 14.6 Å². The lowest BCUT2D eigenvalue weighted by atomic mass is 10.1. The van der Waals surface area contributed by atoms with Crippen molar-refractivity contribution in [2.24, 2.45) is 0 Å². The van der Waals surface area contributed by atoms with Crippen LogP contribution in [0.4, 0.5) is 0 Å². The van der Waals surface area contributed by atoms with Gasteiger partial charge >= 0.3 is 0 Å². The van der Waals surface area contributed by atoms with E-state index in [0.29, 0.717) is 6.54 Å². The predicted molar refractivity (Wildman–Crippen MR) is 88.7 cm³/mol. The van der Waals surface area contributed by atoms with Crippen LogP contribution < -0.4 is 5.32 Å². The van der Waals surface area contributed by atoms with Gasteiger partial charge in [-0.2, -0.15) is 0 Å². The molecule has 1 heterocycles. The Kier molecular flexibility index (Phi) is 4.79. The van der Waals surface area contributed by atoms with Crippen LogP contribution in [0, 0.1) is 6.92 Å². The van der Waals surface area contributed by atoms with Crippen molar-refractivity contribution in [1.82, 2.24) is 15.1 Å². The van der Waals surface area contributed by atoms with E-state index in [4.69, 9.17) is 0 Å². The molecular formula is C18H27N3O. The van der Waals surface area contributed by atoms with E-state index < -0.39 is 0 Å². The van der Waals surface area contributed by atoms with Crippen LogP contribution in [-0.2, 0) is 11.3 Å². The lowest BCUT2D eigenvalue weighted by molar-refractivity contribution is -0.126. The molecule has 1 amide bonds. The smallest absolute Gasteiger partial charge is 0.237 e. The Morgan fingerprint density at radius 1 is 1.18 bits per heavy atom. The summed E-state index contributed by atoms with van der Waals surface area (Å²) in [7, 11) is 0. The van der Waals surface area contributed by atoms with E-state index in [1.54, 1.807) is 0 Å². The number of carbonyl (C=O) groups excluding carboxylic acids is 1. The van der Waals surface area contributed by atoms with Crippen molar-refractivity contribution in [2.45, 2.75) is 45.3 Å². The zero-order valence-corrected chi connectivity index (χ0v) is 13.7. The second-order valence-corrected chi connectivity index (χ2v) is 6.68. The number of amides is 1. The van der Waals surface area contributed by atoms with Crippen LogP contribution in [0.3, 0.4) is 0 Å². The molecule has 120 valence electrons. The molecule has 0 bridgehead atoms. The van der Waals surface area contributed by atoms with Crippen LogP contribution in [0.25, 0.3) is 0 Å².